The van der Waals surface area contributed by atoms with Crippen LogP contribution in [0.3, 0.4) is 0 Å². The summed E-state index contributed by atoms with van der Waals surface area (Å²) in [7, 11) is 0. The lowest BCUT2D eigenvalue weighted by molar-refractivity contribution is -0.138. The second-order valence-corrected chi connectivity index (χ2v) is 7.92. The zero-order valence-electron chi connectivity index (χ0n) is 16.1. The molecule has 3 aliphatic rings. The molecule has 0 aromatic carbocycles. The van der Waals surface area contributed by atoms with Gasteiger partial charge < -0.3 is 19.9 Å². The molecule has 2 amide bonds. The summed E-state index contributed by atoms with van der Waals surface area (Å²) in [4.78, 5) is 31.0. The van der Waals surface area contributed by atoms with Gasteiger partial charge in [-0.25, -0.2) is 0 Å². The smallest absolute Gasteiger partial charge is 0.236 e. The Morgan fingerprint density at radius 1 is 0.962 bits per heavy atom. The average molecular weight is 367 g/mol. The highest BCUT2D eigenvalue weighted by molar-refractivity contribution is 5.78. The van der Waals surface area contributed by atoms with Crippen molar-refractivity contribution in [3.63, 3.8) is 0 Å². The maximum Gasteiger partial charge on any atom is 0.236 e. The molecule has 0 radical (unpaired) electrons. The van der Waals surface area contributed by atoms with E-state index in [1.165, 1.54) is 12.8 Å². The first-order valence-corrected chi connectivity index (χ1v) is 10.2. The molecular formula is C19H34N4O3. The Hall–Kier alpha value is -1.18. The molecule has 1 atom stereocenters. The second-order valence-electron chi connectivity index (χ2n) is 7.92. The van der Waals surface area contributed by atoms with Gasteiger partial charge in [0.1, 0.15) is 0 Å². The Kier molecular flexibility index (Phi) is 7.28. The Balaban J connectivity index is 1.37. The third-order valence-electron chi connectivity index (χ3n) is 6.13. The van der Waals surface area contributed by atoms with Crippen LogP contribution in [-0.2, 0) is 14.3 Å². The van der Waals surface area contributed by atoms with E-state index in [-0.39, 0.29) is 11.8 Å². The van der Waals surface area contributed by atoms with Gasteiger partial charge in [-0.15, -0.1) is 0 Å². The number of ether oxygens (including phenoxy) is 1. The summed E-state index contributed by atoms with van der Waals surface area (Å²) in [6.07, 6.45) is 3.04. The number of nitrogens with zero attached hydrogens (tertiary/aromatic N) is 3. The molecule has 3 saturated heterocycles. The van der Waals surface area contributed by atoms with Crippen molar-refractivity contribution >= 4 is 11.8 Å². The SMILES string of the molecule is CC(CC(=O)N1CCN(CC(=O)N2CCOCC2)CC1)C1CCNCC1. The van der Waals surface area contributed by atoms with Crippen LogP contribution in [0, 0.1) is 11.8 Å². The van der Waals surface area contributed by atoms with E-state index in [1.807, 2.05) is 9.80 Å². The van der Waals surface area contributed by atoms with Gasteiger partial charge in [-0.3, -0.25) is 14.5 Å². The van der Waals surface area contributed by atoms with E-state index in [0.717, 1.165) is 39.3 Å². The lowest BCUT2D eigenvalue weighted by atomic mass is 9.84. The third-order valence-corrected chi connectivity index (χ3v) is 6.13. The molecule has 3 heterocycles. The van der Waals surface area contributed by atoms with Crippen molar-refractivity contribution in [3.8, 4) is 0 Å². The highest BCUT2D eigenvalue weighted by atomic mass is 16.5. The molecule has 26 heavy (non-hydrogen) atoms. The van der Waals surface area contributed by atoms with E-state index in [0.29, 0.717) is 51.1 Å². The number of piperidine rings is 1. The van der Waals surface area contributed by atoms with E-state index in [2.05, 4.69) is 17.1 Å². The molecule has 0 aliphatic carbocycles. The second kappa shape index (κ2) is 9.67. The minimum atomic E-state index is 0.188. The number of morpholine rings is 1. The Labute approximate surface area is 157 Å². The summed E-state index contributed by atoms with van der Waals surface area (Å²) in [6, 6.07) is 0. The third kappa shape index (κ3) is 5.41. The lowest BCUT2D eigenvalue weighted by Crippen LogP contribution is -2.52. The van der Waals surface area contributed by atoms with Gasteiger partial charge in [0.25, 0.3) is 0 Å². The highest BCUT2D eigenvalue weighted by Gasteiger charge is 2.27. The maximum atomic E-state index is 12.6. The summed E-state index contributed by atoms with van der Waals surface area (Å²) < 4.78 is 5.30. The number of piperazine rings is 1. The monoisotopic (exact) mass is 366 g/mol. The van der Waals surface area contributed by atoms with Crippen molar-refractivity contribution in [3.05, 3.63) is 0 Å². The molecule has 0 bridgehead atoms. The van der Waals surface area contributed by atoms with Gasteiger partial charge in [0, 0.05) is 45.7 Å². The van der Waals surface area contributed by atoms with Gasteiger partial charge in [0.05, 0.1) is 19.8 Å². The predicted molar refractivity (Wildman–Crippen MR) is 99.8 cm³/mol. The summed E-state index contributed by atoms with van der Waals surface area (Å²) in [5, 5.41) is 3.39. The number of carbonyl (C=O) groups excluding carboxylic acids is 2. The van der Waals surface area contributed by atoms with Crippen molar-refractivity contribution in [1.82, 2.24) is 20.0 Å². The minimum Gasteiger partial charge on any atom is -0.378 e. The van der Waals surface area contributed by atoms with E-state index in [9.17, 15) is 9.59 Å². The summed E-state index contributed by atoms with van der Waals surface area (Å²) in [5.74, 6) is 1.61. The quantitative estimate of drug-likeness (QED) is 0.743. The fourth-order valence-electron chi connectivity index (χ4n) is 4.24. The van der Waals surface area contributed by atoms with Crippen LogP contribution in [0.1, 0.15) is 26.2 Å². The molecule has 0 spiro atoms. The topological polar surface area (TPSA) is 65.1 Å². The highest BCUT2D eigenvalue weighted by Crippen LogP contribution is 2.25. The van der Waals surface area contributed by atoms with E-state index >= 15 is 0 Å². The van der Waals surface area contributed by atoms with E-state index in [1.54, 1.807) is 0 Å². The van der Waals surface area contributed by atoms with Crippen LogP contribution >= 0.6 is 0 Å². The normalized spacial score (nSPS) is 24.5. The Bertz CT molecular complexity index is 467. The molecule has 1 N–H and O–H groups in total. The first-order chi connectivity index (χ1) is 12.6. The van der Waals surface area contributed by atoms with Gasteiger partial charge in [-0.05, 0) is 37.8 Å². The number of hydrogen-bond acceptors (Lipinski definition) is 5. The van der Waals surface area contributed by atoms with Crippen LogP contribution in [0.2, 0.25) is 0 Å². The van der Waals surface area contributed by atoms with Gasteiger partial charge >= 0.3 is 0 Å². The maximum absolute atomic E-state index is 12.6. The van der Waals surface area contributed by atoms with Crippen molar-refractivity contribution in [2.75, 3.05) is 72.1 Å². The number of amides is 2. The van der Waals surface area contributed by atoms with Gasteiger partial charge in [0.2, 0.25) is 11.8 Å². The number of nitrogens with one attached hydrogen (secondary N) is 1. The zero-order chi connectivity index (χ0) is 18.4. The van der Waals surface area contributed by atoms with Gasteiger partial charge in [-0.2, -0.15) is 0 Å². The largest absolute Gasteiger partial charge is 0.378 e. The fraction of sp³-hybridized carbons (Fsp3) is 0.895. The molecule has 148 valence electrons. The van der Waals surface area contributed by atoms with E-state index in [4.69, 9.17) is 4.74 Å². The number of rotatable bonds is 5. The summed E-state index contributed by atoms with van der Waals surface area (Å²) >= 11 is 0. The molecule has 3 rings (SSSR count). The molecule has 3 aliphatic heterocycles. The van der Waals surface area contributed by atoms with Crippen LogP contribution in [0.15, 0.2) is 0 Å². The van der Waals surface area contributed by atoms with Crippen molar-refractivity contribution < 1.29 is 14.3 Å². The summed E-state index contributed by atoms with van der Waals surface area (Å²) in [5.41, 5.74) is 0. The van der Waals surface area contributed by atoms with Gasteiger partial charge in [0.15, 0.2) is 0 Å². The number of hydrogen-bond donors (Lipinski definition) is 1. The van der Waals surface area contributed by atoms with Crippen LogP contribution in [0.25, 0.3) is 0 Å². The Morgan fingerprint density at radius 2 is 1.58 bits per heavy atom. The van der Waals surface area contributed by atoms with Crippen molar-refractivity contribution in [2.24, 2.45) is 11.8 Å². The molecule has 0 saturated carbocycles. The standard InChI is InChI=1S/C19H34N4O3/c1-16(17-2-4-20-5-3-17)14-18(24)22-8-6-21(7-9-22)15-19(25)23-10-12-26-13-11-23/h16-17,20H,2-15H2,1H3. The molecule has 0 aromatic rings. The van der Waals surface area contributed by atoms with Crippen LogP contribution in [-0.4, -0.2) is 98.6 Å². The van der Waals surface area contributed by atoms with Gasteiger partial charge in [-0.1, -0.05) is 6.92 Å². The van der Waals surface area contributed by atoms with E-state index < -0.39 is 0 Å². The molecule has 3 fully saturated rings. The molecule has 1 unspecified atom stereocenters. The molecule has 7 heteroatoms. The van der Waals surface area contributed by atoms with Crippen LogP contribution < -0.4 is 5.32 Å². The lowest BCUT2D eigenvalue weighted by Gasteiger charge is -2.37. The van der Waals surface area contributed by atoms with Crippen LogP contribution in [0.4, 0.5) is 0 Å². The first kappa shape index (κ1) is 19.6. The Morgan fingerprint density at radius 3 is 2.23 bits per heavy atom. The predicted octanol–water partition coefficient (Wildman–Crippen LogP) is 0.0152. The summed E-state index contributed by atoms with van der Waals surface area (Å²) in [6.45, 7) is 10.6. The molecular weight excluding hydrogens is 332 g/mol. The first-order valence-electron chi connectivity index (χ1n) is 10.2. The van der Waals surface area contributed by atoms with Crippen LogP contribution in [0.5, 0.6) is 0 Å². The average Bonchev–Trinajstić information content (AvgIpc) is 2.69. The molecule has 7 nitrogen and oxygen atoms in total. The minimum absolute atomic E-state index is 0.188. The fourth-order valence-corrected chi connectivity index (χ4v) is 4.24. The zero-order valence-corrected chi connectivity index (χ0v) is 16.1. The van der Waals surface area contributed by atoms with Crippen molar-refractivity contribution in [1.29, 1.82) is 0 Å². The molecule has 0 aromatic heterocycles. The van der Waals surface area contributed by atoms with Crippen molar-refractivity contribution in [2.45, 2.75) is 26.2 Å². The number of carbonyl (C=O) groups is 2.